The number of likely N-dealkylation sites (tertiary alicyclic amines) is 1. The van der Waals surface area contributed by atoms with Gasteiger partial charge in [0.1, 0.15) is 5.69 Å². The van der Waals surface area contributed by atoms with Gasteiger partial charge in [-0.25, -0.2) is 9.98 Å². The van der Waals surface area contributed by atoms with Crippen LogP contribution >= 0.6 is 10.6 Å². The molecule has 1 saturated heterocycles. The summed E-state index contributed by atoms with van der Waals surface area (Å²) in [5.41, 5.74) is 5.89. The second-order valence-corrected chi connectivity index (χ2v) is 13.8. The molecule has 204 valence electrons. The molecule has 1 unspecified atom stereocenters. The Balaban J connectivity index is 1.34. The summed E-state index contributed by atoms with van der Waals surface area (Å²) in [6.07, 6.45) is 5.06. The number of aryl methyl sites for hydroxylation is 2. The molecule has 3 heterocycles. The normalized spacial score (nSPS) is 19.0. The Labute approximate surface area is 227 Å². The van der Waals surface area contributed by atoms with Gasteiger partial charge in [0, 0.05) is 32.1 Å². The molecule has 1 atom stereocenters. The van der Waals surface area contributed by atoms with E-state index in [1.54, 1.807) is 0 Å². The Hall–Kier alpha value is -3.01. The van der Waals surface area contributed by atoms with Crippen LogP contribution in [0.3, 0.4) is 0 Å². The number of aliphatic imine (C=N–C) groups is 1. The number of hydrogen-bond acceptors (Lipinski definition) is 7. The summed E-state index contributed by atoms with van der Waals surface area (Å²) in [7, 11) is -0.673. The second-order valence-electron chi connectivity index (χ2n) is 11.7. The van der Waals surface area contributed by atoms with Crippen molar-refractivity contribution in [1.29, 1.82) is 0 Å². The minimum absolute atomic E-state index is 0.0616. The highest BCUT2D eigenvalue weighted by atomic mass is 32.3. The number of aromatic nitrogens is 2. The number of rotatable bonds is 4. The first-order valence-corrected chi connectivity index (χ1v) is 15.2. The van der Waals surface area contributed by atoms with Crippen LogP contribution in [0.25, 0.3) is 0 Å². The third-order valence-electron chi connectivity index (χ3n) is 7.71. The molecule has 0 saturated carbocycles. The minimum atomic E-state index is -2.68. The van der Waals surface area contributed by atoms with E-state index in [4.69, 9.17) is 4.99 Å². The molecule has 2 aliphatic rings. The number of hydrogen-bond donors (Lipinski definition) is 4. The molecule has 1 fully saturated rings. The third-order valence-corrected chi connectivity index (χ3v) is 8.88. The van der Waals surface area contributed by atoms with Crippen molar-refractivity contribution in [3.8, 4) is 0 Å². The number of imidazole rings is 1. The van der Waals surface area contributed by atoms with Gasteiger partial charge in [0.2, 0.25) is 5.96 Å². The van der Waals surface area contributed by atoms with Gasteiger partial charge < -0.3 is 20.1 Å². The molecule has 5 rings (SSSR count). The topological polar surface area (TPSA) is 97.9 Å². The van der Waals surface area contributed by atoms with Crippen molar-refractivity contribution in [2.45, 2.75) is 62.9 Å². The van der Waals surface area contributed by atoms with Gasteiger partial charge in [-0.15, -0.1) is 0 Å². The van der Waals surface area contributed by atoms with Crippen molar-refractivity contribution >= 4 is 28.1 Å². The predicted octanol–water partition coefficient (Wildman–Crippen LogP) is 6.54. The first-order chi connectivity index (χ1) is 17.9. The van der Waals surface area contributed by atoms with E-state index in [2.05, 4.69) is 66.4 Å². The number of anilines is 2. The number of benzene rings is 2. The van der Waals surface area contributed by atoms with E-state index in [-0.39, 0.29) is 11.6 Å². The summed E-state index contributed by atoms with van der Waals surface area (Å²) >= 11 is 0. The van der Waals surface area contributed by atoms with Gasteiger partial charge >= 0.3 is 0 Å². The number of nitrogens with zero attached hydrogens (tertiary/aromatic N) is 4. The fourth-order valence-corrected chi connectivity index (χ4v) is 5.91. The maximum Gasteiger partial charge on any atom is 0.202 e. The molecule has 2 aliphatic heterocycles. The lowest BCUT2D eigenvalue weighted by atomic mass is 9.86. The zero-order valence-electron chi connectivity index (χ0n) is 23.2. The summed E-state index contributed by atoms with van der Waals surface area (Å²) in [5.74, 6) is 2.13. The summed E-state index contributed by atoms with van der Waals surface area (Å²) in [6, 6.07) is 14.4. The Kier molecular flexibility index (Phi) is 6.96. The third kappa shape index (κ3) is 5.41. The average Bonchev–Trinajstić information content (AvgIpc) is 3.25. The van der Waals surface area contributed by atoms with Crippen molar-refractivity contribution in [3.05, 3.63) is 71.2 Å². The monoisotopic (exact) mass is 536 g/mol. The maximum atomic E-state index is 9.92. The molecule has 2 aromatic carbocycles. The molecule has 0 bridgehead atoms. The zero-order valence-corrected chi connectivity index (χ0v) is 24.0. The van der Waals surface area contributed by atoms with Gasteiger partial charge in [0.25, 0.3) is 0 Å². The number of nitrogens with one attached hydrogen (secondary N) is 2. The molecule has 0 aliphatic carbocycles. The fraction of sp³-hybridized carbons (Fsp3) is 0.448. The summed E-state index contributed by atoms with van der Waals surface area (Å²) in [5, 5.41) is 7.20. The van der Waals surface area contributed by atoms with Crippen LogP contribution in [-0.2, 0) is 12.5 Å². The number of fused-ring (bicyclic) bond motifs is 1. The van der Waals surface area contributed by atoms with Gasteiger partial charge in [0.05, 0.1) is 11.2 Å². The predicted molar refractivity (Wildman–Crippen MR) is 158 cm³/mol. The number of guanidine groups is 1. The van der Waals surface area contributed by atoms with Crippen LogP contribution in [0.1, 0.15) is 68.1 Å². The molecule has 0 amide bonds. The van der Waals surface area contributed by atoms with E-state index in [9.17, 15) is 9.11 Å². The maximum absolute atomic E-state index is 9.92. The summed E-state index contributed by atoms with van der Waals surface area (Å²) in [4.78, 5) is 12.7. The van der Waals surface area contributed by atoms with Crippen molar-refractivity contribution in [2.24, 2.45) is 12.0 Å². The molecule has 4 N–H and O–H groups in total. The van der Waals surface area contributed by atoms with Crippen molar-refractivity contribution < 1.29 is 9.11 Å². The van der Waals surface area contributed by atoms with Gasteiger partial charge in [-0.05, 0) is 66.0 Å². The first-order valence-electron chi connectivity index (χ1n) is 13.2. The number of piperidine rings is 1. The van der Waals surface area contributed by atoms with E-state index in [0.717, 1.165) is 49.1 Å². The van der Waals surface area contributed by atoms with Crippen molar-refractivity contribution in [2.75, 3.05) is 30.0 Å². The lowest BCUT2D eigenvalue weighted by Crippen LogP contribution is -2.44. The molecule has 9 heteroatoms. The molecule has 8 nitrogen and oxygen atoms in total. The quantitative estimate of drug-likeness (QED) is 0.302. The first kappa shape index (κ1) is 26.6. The van der Waals surface area contributed by atoms with Gasteiger partial charge in [0.15, 0.2) is 12.0 Å². The smallest absolute Gasteiger partial charge is 0.202 e. The highest BCUT2D eigenvalue weighted by Gasteiger charge is 2.31. The highest BCUT2D eigenvalue weighted by molar-refractivity contribution is 8.23. The van der Waals surface area contributed by atoms with Crippen LogP contribution < -0.4 is 10.6 Å². The SMILES string of the molecule is Cc1ccc(C(C)(C)C)cc1NC1N=C(N2CCC(c3ccc(S(C)(O)O)cc3)CC2)Nc2ncn(C)c21. The summed E-state index contributed by atoms with van der Waals surface area (Å²) in [6.45, 7) is 10.6. The van der Waals surface area contributed by atoms with Gasteiger partial charge in [-0.2, -0.15) is 10.6 Å². The van der Waals surface area contributed by atoms with E-state index in [0.29, 0.717) is 10.8 Å². The van der Waals surface area contributed by atoms with Crippen LogP contribution in [0.4, 0.5) is 11.5 Å². The molecule has 0 radical (unpaired) electrons. The Morgan fingerprint density at radius 3 is 2.37 bits per heavy atom. The van der Waals surface area contributed by atoms with Crippen molar-refractivity contribution in [1.82, 2.24) is 14.5 Å². The van der Waals surface area contributed by atoms with Crippen LogP contribution in [0.5, 0.6) is 0 Å². The summed E-state index contributed by atoms with van der Waals surface area (Å²) < 4.78 is 21.9. The van der Waals surface area contributed by atoms with E-state index in [1.165, 1.54) is 22.9 Å². The second kappa shape index (κ2) is 9.94. The molecular formula is C29H40N6O2S. The minimum Gasteiger partial charge on any atom is -0.358 e. The van der Waals surface area contributed by atoms with E-state index in [1.807, 2.05) is 42.2 Å². The Bertz CT molecular complexity index is 1330. The Morgan fingerprint density at radius 1 is 1.05 bits per heavy atom. The lowest BCUT2D eigenvalue weighted by Gasteiger charge is -2.37. The van der Waals surface area contributed by atoms with Crippen LogP contribution in [0, 0.1) is 6.92 Å². The van der Waals surface area contributed by atoms with Crippen LogP contribution in [-0.4, -0.2) is 48.9 Å². The molecule has 1 aromatic heterocycles. The zero-order chi connectivity index (χ0) is 27.2. The fourth-order valence-electron chi connectivity index (χ4n) is 5.26. The average molecular weight is 537 g/mol. The van der Waals surface area contributed by atoms with Gasteiger partial charge in [-0.3, -0.25) is 9.11 Å². The highest BCUT2D eigenvalue weighted by Crippen LogP contribution is 2.44. The molecule has 38 heavy (non-hydrogen) atoms. The molecular weight excluding hydrogens is 496 g/mol. The van der Waals surface area contributed by atoms with E-state index < -0.39 is 10.6 Å². The van der Waals surface area contributed by atoms with E-state index >= 15 is 0 Å². The lowest BCUT2D eigenvalue weighted by molar-refractivity contribution is 0.310. The van der Waals surface area contributed by atoms with Crippen LogP contribution in [0.15, 0.2) is 58.7 Å². The van der Waals surface area contributed by atoms with Crippen molar-refractivity contribution in [3.63, 3.8) is 0 Å². The van der Waals surface area contributed by atoms with Gasteiger partial charge in [-0.1, -0.05) is 45.0 Å². The Morgan fingerprint density at radius 2 is 1.74 bits per heavy atom. The standard InChI is InChI=1S/C29H40N6O2S/c1-19-7-10-22(29(2,3)4)17-24(19)31-27-25-26(30-18-34(25)5)32-28(33-27)35-15-13-21(14-16-35)20-8-11-23(12-9-20)38(6,36)37/h7-12,17-18,21,27,31,36-37H,13-16H2,1-6H3,(H,32,33). The molecule has 0 spiro atoms. The molecule has 3 aromatic rings. The van der Waals surface area contributed by atoms with Crippen LogP contribution in [0.2, 0.25) is 0 Å². The largest absolute Gasteiger partial charge is 0.358 e.